The second-order valence-corrected chi connectivity index (χ2v) is 4.49. The summed E-state index contributed by atoms with van der Waals surface area (Å²) in [6, 6.07) is 6.12. The molecule has 0 aromatic carbocycles. The molecule has 1 aliphatic rings. The molecule has 1 fully saturated rings. The van der Waals surface area contributed by atoms with Crippen LogP contribution in [0.3, 0.4) is 0 Å². The number of rotatable bonds is 2. The summed E-state index contributed by atoms with van der Waals surface area (Å²) in [7, 11) is 0. The monoisotopic (exact) mass is 254 g/mol. The number of nitrogens with zero attached hydrogens (tertiary/aromatic N) is 6. The fourth-order valence-corrected chi connectivity index (χ4v) is 2.26. The Morgan fingerprint density at radius 2 is 1.89 bits per heavy atom. The third-order valence-corrected chi connectivity index (χ3v) is 3.31. The zero-order chi connectivity index (χ0) is 13.1. The highest BCUT2D eigenvalue weighted by Gasteiger charge is 2.17. The van der Waals surface area contributed by atoms with E-state index in [1.54, 1.807) is 12.4 Å². The molecule has 0 amide bonds. The predicted molar refractivity (Wildman–Crippen MR) is 71.6 cm³/mol. The lowest BCUT2D eigenvalue weighted by Crippen LogP contribution is -2.46. The van der Waals surface area contributed by atoms with Crippen molar-refractivity contribution in [3.05, 3.63) is 24.5 Å². The van der Waals surface area contributed by atoms with E-state index in [9.17, 15) is 0 Å². The van der Waals surface area contributed by atoms with Crippen LogP contribution in [-0.2, 0) is 0 Å². The van der Waals surface area contributed by atoms with Gasteiger partial charge in [-0.15, -0.1) is 0 Å². The summed E-state index contributed by atoms with van der Waals surface area (Å²) < 4.78 is 0. The molecule has 1 aliphatic heterocycles. The number of piperazine rings is 1. The highest BCUT2D eigenvalue weighted by Crippen LogP contribution is 2.16. The normalized spacial score (nSPS) is 16.5. The number of pyridine rings is 1. The molecule has 0 aliphatic carbocycles. The highest BCUT2D eigenvalue weighted by atomic mass is 15.3. The van der Waals surface area contributed by atoms with Gasteiger partial charge in [0.15, 0.2) is 5.65 Å². The van der Waals surface area contributed by atoms with Crippen LogP contribution in [0.25, 0.3) is 11.2 Å². The number of fused-ring (bicyclic) bond motifs is 1. The standard InChI is InChI=1S/C13H14N6/c14-3-6-18-7-9-19(10-8-18)12-2-1-11-13(17-12)16-5-4-15-11/h1-2,4-5H,6-10H2. The minimum atomic E-state index is 0.504. The van der Waals surface area contributed by atoms with Crippen molar-refractivity contribution in [2.45, 2.75) is 0 Å². The zero-order valence-electron chi connectivity index (χ0n) is 10.5. The van der Waals surface area contributed by atoms with Crippen LogP contribution in [0.1, 0.15) is 0 Å². The summed E-state index contributed by atoms with van der Waals surface area (Å²) >= 11 is 0. The van der Waals surface area contributed by atoms with Crippen LogP contribution in [0, 0.1) is 11.3 Å². The highest BCUT2D eigenvalue weighted by molar-refractivity contribution is 5.71. The average molecular weight is 254 g/mol. The van der Waals surface area contributed by atoms with Crippen LogP contribution >= 0.6 is 0 Å². The maximum atomic E-state index is 8.69. The van der Waals surface area contributed by atoms with Crippen molar-refractivity contribution in [1.82, 2.24) is 19.9 Å². The van der Waals surface area contributed by atoms with E-state index in [1.165, 1.54) is 0 Å². The molecule has 0 saturated carbocycles. The van der Waals surface area contributed by atoms with Gasteiger partial charge < -0.3 is 4.90 Å². The van der Waals surface area contributed by atoms with Crippen molar-refractivity contribution in [2.75, 3.05) is 37.6 Å². The molecule has 0 atom stereocenters. The minimum absolute atomic E-state index is 0.504. The number of nitriles is 1. The molecule has 0 spiro atoms. The third-order valence-electron chi connectivity index (χ3n) is 3.31. The van der Waals surface area contributed by atoms with Crippen LogP contribution in [0.4, 0.5) is 5.82 Å². The molecule has 3 heterocycles. The molecule has 0 bridgehead atoms. The van der Waals surface area contributed by atoms with Gasteiger partial charge >= 0.3 is 0 Å². The summed E-state index contributed by atoms with van der Waals surface area (Å²) in [5, 5.41) is 8.69. The van der Waals surface area contributed by atoms with E-state index in [-0.39, 0.29) is 0 Å². The molecule has 0 N–H and O–H groups in total. The Morgan fingerprint density at radius 1 is 1.11 bits per heavy atom. The second-order valence-electron chi connectivity index (χ2n) is 4.49. The molecule has 6 heteroatoms. The quantitative estimate of drug-likeness (QED) is 0.734. The van der Waals surface area contributed by atoms with E-state index in [0.717, 1.165) is 37.5 Å². The summed E-state index contributed by atoms with van der Waals surface area (Å²) in [5.74, 6) is 0.935. The van der Waals surface area contributed by atoms with Gasteiger partial charge in [-0.2, -0.15) is 5.26 Å². The fraction of sp³-hybridized carbons (Fsp3) is 0.385. The number of hydrogen-bond donors (Lipinski definition) is 0. The molecule has 96 valence electrons. The Hall–Kier alpha value is -2.26. The van der Waals surface area contributed by atoms with Crippen molar-refractivity contribution in [3.63, 3.8) is 0 Å². The Kier molecular flexibility index (Phi) is 3.21. The molecule has 1 saturated heterocycles. The van der Waals surface area contributed by atoms with E-state index in [2.05, 4.69) is 30.8 Å². The molecular weight excluding hydrogens is 240 g/mol. The van der Waals surface area contributed by atoms with Crippen molar-refractivity contribution in [3.8, 4) is 6.07 Å². The van der Waals surface area contributed by atoms with Gasteiger partial charge in [-0.05, 0) is 12.1 Å². The van der Waals surface area contributed by atoms with Crippen molar-refractivity contribution < 1.29 is 0 Å². The first-order chi connectivity index (χ1) is 9.36. The Morgan fingerprint density at radius 3 is 2.68 bits per heavy atom. The molecular formula is C13H14N6. The van der Waals surface area contributed by atoms with Crippen LogP contribution < -0.4 is 4.90 Å². The SMILES string of the molecule is N#CCN1CCN(c2ccc3nccnc3n2)CC1. The smallest absolute Gasteiger partial charge is 0.180 e. The first-order valence-electron chi connectivity index (χ1n) is 6.29. The molecule has 2 aromatic rings. The van der Waals surface area contributed by atoms with Gasteiger partial charge in [-0.3, -0.25) is 9.88 Å². The van der Waals surface area contributed by atoms with Crippen molar-refractivity contribution in [1.29, 1.82) is 5.26 Å². The maximum Gasteiger partial charge on any atom is 0.180 e. The lowest BCUT2D eigenvalue weighted by atomic mass is 10.3. The molecule has 2 aromatic heterocycles. The van der Waals surface area contributed by atoms with E-state index in [0.29, 0.717) is 12.2 Å². The largest absolute Gasteiger partial charge is 0.354 e. The van der Waals surface area contributed by atoms with Gasteiger partial charge in [0.05, 0.1) is 12.6 Å². The van der Waals surface area contributed by atoms with Crippen molar-refractivity contribution in [2.24, 2.45) is 0 Å². The van der Waals surface area contributed by atoms with Crippen LogP contribution in [0.2, 0.25) is 0 Å². The van der Waals surface area contributed by atoms with Gasteiger partial charge in [0, 0.05) is 38.6 Å². The van der Waals surface area contributed by atoms with Gasteiger partial charge in [0.25, 0.3) is 0 Å². The lowest BCUT2D eigenvalue weighted by molar-refractivity contribution is 0.286. The summed E-state index contributed by atoms with van der Waals surface area (Å²) in [4.78, 5) is 17.4. The number of anilines is 1. The summed E-state index contributed by atoms with van der Waals surface area (Å²) in [5.41, 5.74) is 1.49. The first-order valence-corrected chi connectivity index (χ1v) is 6.29. The van der Waals surface area contributed by atoms with Crippen LogP contribution in [0.15, 0.2) is 24.5 Å². The topological polar surface area (TPSA) is 68.9 Å². The van der Waals surface area contributed by atoms with Gasteiger partial charge in [0.1, 0.15) is 11.3 Å². The van der Waals surface area contributed by atoms with E-state index in [1.807, 2.05) is 12.1 Å². The van der Waals surface area contributed by atoms with Gasteiger partial charge in [-0.25, -0.2) is 9.97 Å². The van der Waals surface area contributed by atoms with Gasteiger partial charge in [0.2, 0.25) is 0 Å². The Balaban J connectivity index is 1.77. The lowest BCUT2D eigenvalue weighted by Gasteiger charge is -2.34. The summed E-state index contributed by atoms with van der Waals surface area (Å²) in [6.45, 7) is 4.08. The zero-order valence-corrected chi connectivity index (χ0v) is 10.5. The average Bonchev–Trinajstić information content (AvgIpc) is 2.48. The molecule has 19 heavy (non-hydrogen) atoms. The molecule has 0 unspecified atom stereocenters. The molecule has 3 rings (SSSR count). The van der Waals surface area contributed by atoms with Crippen LogP contribution in [0.5, 0.6) is 0 Å². The minimum Gasteiger partial charge on any atom is -0.354 e. The number of hydrogen-bond acceptors (Lipinski definition) is 6. The third kappa shape index (κ3) is 2.46. The van der Waals surface area contributed by atoms with Crippen molar-refractivity contribution >= 4 is 17.0 Å². The molecule has 6 nitrogen and oxygen atoms in total. The predicted octanol–water partition coefficient (Wildman–Crippen LogP) is 0.670. The van der Waals surface area contributed by atoms with Gasteiger partial charge in [-0.1, -0.05) is 0 Å². The van der Waals surface area contributed by atoms with Crippen LogP contribution in [-0.4, -0.2) is 52.6 Å². The Labute approximate surface area is 111 Å². The maximum absolute atomic E-state index is 8.69. The Bertz CT molecular complexity index is 612. The van der Waals surface area contributed by atoms with E-state index >= 15 is 0 Å². The van der Waals surface area contributed by atoms with E-state index in [4.69, 9.17) is 5.26 Å². The second kappa shape index (κ2) is 5.16. The first kappa shape index (κ1) is 11.8. The number of aromatic nitrogens is 3. The fourth-order valence-electron chi connectivity index (χ4n) is 2.26. The summed E-state index contributed by atoms with van der Waals surface area (Å²) in [6.07, 6.45) is 3.33. The molecule has 0 radical (unpaired) electrons. The van der Waals surface area contributed by atoms with E-state index < -0.39 is 0 Å².